The molecule has 0 fully saturated rings. The van der Waals surface area contributed by atoms with Crippen LogP contribution in [-0.2, 0) is 45.5 Å². The number of aryl methyl sites for hydroxylation is 2. The van der Waals surface area contributed by atoms with Crippen molar-refractivity contribution in [2.24, 2.45) is 5.73 Å². The van der Waals surface area contributed by atoms with Crippen LogP contribution in [0.5, 0.6) is 0 Å². The number of unbranched alkanes of at least 4 members (excludes halogenated alkanes) is 7. The number of nitrogens with two attached hydrogens (primary N) is 1. The lowest BCUT2D eigenvalue weighted by molar-refractivity contribution is -0.161. The molecule has 1 rings (SSSR count). The molecule has 334 valence electrons. The molecular formula is C47H76NO10P. The van der Waals surface area contributed by atoms with Crippen LogP contribution in [0.25, 0.3) is 0 Å². The largest absolute Gasteiger partial charge is 0.472 e. The monoisotopic (exact) mass is 846 g/mol. The van der Waals surface area contributed by atoms with E-state index in [0.29, 0.717) is 25.7 Å². The topological polar surface area (TPSA) is 168 Å². The summed E-state index contributed by atoms with van der Waals surface area (Å²) in [5.74, 6) is 1.29. The van der Waals surface area contributed by atoms with Crippen molar-refractivity contribution >= 4 is 19.8 Å². The molecule has 59 heavy (non-hydrogen) atoms. The van der Waals surface area contributed by atoms with Crippen LogP contribution in [0.3, 0.4) is 0 Å². The van der Waals surface area contributed by atoms with E-state index in [1.165, 1.54) is 24.0 Å². The number of furan rings is 1. The van der Waals surface area contributed by atoms with Crippen molar-refractivity contribution in [3.05, 3.63) is 95.6 Å². The number of esters is 2. The molecule has 0 radical (unpaired) electrons. The van der Waals surface area contributed by atoms with E-state index in [-0.39, 0.29) is 32.6 Å². The number of aliphatic hydroxyl groups excluding tert-OH is 1. The Bertz CT molecular complexity index is 1490. The molecule has 0 spiro atoms. The third-order valence-electron chi connectivity index (χ3n) is 9.37. The molecule has 0 saturated heterocycles. The van der Waals surface area contributed by atoms with E-state index in [9.17, 15) is 24.2 Å². The predicted molar refractivity (Wildman–Crippen MR) is 238 cm³/mol. The van der Waals surface area contributed by atoms with Gasteiger partial charge in [0.05, 0.1) is 19.3 Å². The third-order valence-corrected chi connectivity index (χ3v) is 10.4. The van der Waals surface area contributed by atoms with Crippen LogP contribution in [0.4, 0.5) is 0 Å². The van der Waals surface area contributed by atoms with Crippen LogP contribution in [0.1, 0.15) is 146 Å². The SMILES string of the molecule is CC/C=C\C/C=C\CC(O)/C=C/C=C\C/C=C\C/C=C\CCC(=O)O[C@H](COC(=O)CCCCCCCCCCc1oc(CCC)c(C)c1C)COP(=O)(O)OCCN. The Morgan fingerprint density at radius 2 is 1.34 bits per heavy atom. The lowest BCUT2D eigenvalue weighted by Crippen LogP contribution is -2.29. The lowest BCUT2D eigenvalue weighted by Gasteiger charge is -2.19. The van der Waals surface area contributed by atoms with Gasteiger partial charge in [-0.2, -0.15) is 0 Å². The van der Waals surface area contributed by atoms with Crippen molar-refractivity contribution in [2.45, 2.75) is 162 Å². The van der Waals surface area contributed by atoms with E-state index in [0.717, 1.165) is 82.1 Å². The minimum absolute atomic E-state index is 0.0238. The second-order valence-electron chi connectivity index (χ2n) is 14.6. The van der Waals surface area contributed by atoms with Crippen molar-refractivity contribution in [3.8, 4) is 0 Å². The molecule has 1 heterocycles. The van der Waals surface area contributed by atoms with Gasteiger partial charge in [-0.25, -0.2) is 4.57 Å². The van der Waals surface area contributed by atoms with Crippen LogP contribution in [-0.4, -0.2) is 60.5 Å². The minimum atomic E-state index is -4.43. The minimum Gasteiger partial charge on any atom is -0.466 e. The Balaban J connectivity index is 2.32. The summed E-state index contributed by atoms with van der Waals surface area (Å²) >= 11 is 0. The summed E-state index contributed by atoms with van der Waals surface area (Å²) in [4.78, 5) is 34.9. The fourth-order valence-corrected chi connectivity index (χ4v) is 6.67. The molecule has 3 atom stereocenters. The number of carbonyl (C=O) groups is 2. The van der Waals surface area contributed by atoms with E-state index in [1.54, 1.807) is 6.08 Å². The molecule has 0 saturated carbocycles. The van der Waals surface area contributed by atoms with Gasteiger partial charge in [0, 0.05) is 32.2 Å². The Kier molecular flexibility index (Phi) is 32.3. The number of phosphoric ester groups is 1. The average molecular weight is 846 g/mol. The quantitative estimate of drug-likeness (QED) is 0.0193. The second kappa shape index (κ2) is 35.4. The molecular weight excluding hydrogens is 769 g/mol. The zero-order chi connectivity index (χ0) is 43.4. The highest BCUT2D eigenvalue weighted by atomic mass is 31.2. The highest BCUT2D eigenvalue weighted by Crippen LogP contribution is 2.43. The molecule has 0 bridgehead atoms. The van der Waals surface area contributed by atoms with Gasteiger partial charge in [0.1, 0.15) is 18.1 Å². The van der Waals surface area contributed by atoms with Crippen LogP contribution in [0, 0.1) is 13.8 Å². The van der Waals surface area contributed by atoms with E-state index in [2.05, 4.69) is 45.9 Å². The molecule has 0 aliphatic carbocycles. The van der Waals surface area contributed by atoms with Gasteiger partial charge in [-0.15, -0.1) is 0 Å². The van der Waals surface area contributed by atoms with Crippen molar-refractivity contribution in [2.75, 3.05) is 26.4 Å². The predicted octanol–water partition coefficient (Wildman–Crippen LogP) is 10.9. The first-order valence-electron chi connectivity index (χ1n) is 21.9. The fourth-order valence-electron chi connectivity index (χ4n) is 5.91. The Hall–Kier alpha value is -3.31. The van der Waals surface area contributed by atoms with Gasteiger partial charge >= 0.3 is 19.8 Å². The maximum atomic E-state index is 12.6. The van der Waals surface area contributed by atoms with Crippen molar-refractivity contribution in [3.63, 3.8) is 0 Å². The third kappa shape index (κ3) is 29.5. The normalized spacial score (nSPS) is 14.5. The van der Waals surface area contributed by atoms with Gasteiger partial charge in [0.25, 0.3) is 0 Å². The summed E-state index contributed by atoms with van der Waals surface area (Å²) in [5.41, 5.74) is 7.95. The van der Waals surface area contributed by atoms with Gasteiger partial charge in [-0.05, 0) is 82.8 Å². The first-order chi connectivity index (χ1) is 28.5. The number of hydrogen-bond acceptors (Lipinski definition) is 10. The highest BCUT2D eigenvalue weighted by Gasteiger charge is 2.26. The van der Waals surface area contributed by atoms with Crippen LogP contribution < -0.4 is 5.73 Å². The molecule has 0 aliphatic rings. The Morgan fingerprint density at radius 1 is 0.729 bits per heavy atom. The first-order valence-corrected chi connectivity index (χ1v) is 23.4. The van der Waals surface area contributed by atoms with E-state index in [4.69, 9.17) is 28.7 Å². The maximum absolute atomic E-state index is 12.6. The number of rotatable bonds is 36. The van der Waals surface area contributed by atoms with Gasteiger partial charge < -0.3 is 29.6 Å². The van der Waals surface area contributed by atoms with E-state index < -0.39 is 38.6 Å². The summed E-state index contributed by atoms with van der Waals surface area (Å²) in [5, 5.41) is 10.0. The molecule has 4 N–H and O–H groups in total. The number of phosphoric acid groups is 1. The van der Waals surface area contributed by atoms with Gasteiger partial charge in [0.15, 0.2) is 6.10 Å². The van der Waals surface area contributed by atoms with Gasteiger partial charge in [-0.3, -0.25) is 18.6 Å². The fraction of sp³-hybridized carbons (Fsp3) is 0.617. The first kappa shape index (κ1) is 53.7. The summed E-state index contributed by atoms with van der Waals surface area (Å²) in [7, 11) is -4.43. The lowest BCUT2D eigenvalue weighted by atomic mass is 10.0. The van der Waals surface area contributed by atoms with Crippen LogP contribution in [0.15, 0.2) is 77.3 Å². The van der Waals surface area contributed by atoms with E-state index in [1.807, 2.05) is 48.6 Å². The number of aliphatic hydroxyl groups is 1. The Morgan fingerprint density at radius 3 is 2.02 bits per heavy atom. The molecule has 0 aliphatic heterocycles. The molecule has 1 aromatic rings. The van der Waals surface area contributed by atoms with Crippen LogP contribution in [0.2, 0.25) is 0 Å². The number of allylic oxidation sites excluding steroid dienone is 10. The maximum Gasteiger partial charge on any atom is 0.472 e. The number of hydrogen-bond donors (Lipinski definition) is 3. The standard InChI is InChI=1S/C47H76NO10P/c1-5-7-8-9-20-25-31-42(49)32-26-21-16-12-10-11-13-19-24-29-35-47(51)57-43(39-56-59(52,53)55-37-36-48)38-54-46(50)34-28-23-18-15-14-17-22-27-33-45-41(4)40(3)44(58-45)30-6-2/h7-8,10-11,16,19-21,24-26,32,42-43,49H,5-6,9,12-15,17-18,22-23,27-31,33-39,48H2,1-4H3,(H,52,53)/b8-7-,11-10-,21-16-,24-19-,25-20-,32-26+/t42?,43-/m1/s1. The molecule has 12 heteroatoms. The highest BCUT2D eigenvalue weighted by molar-refractivity contribution is 7.47. The van der Waals surface area contributed by atoms with Crippen molar-refractivity contribution in [1.29, 1.82) is 0 Å². The molecule has 0 amide bonds. The van der Waals surface area contributed by atoms with Crippen molar-refractivity contribution < 1.29 is 47.1 Å². The molecule has 2 unspecified atom stereocenters. The van der Waals surface area contributed by atoms with Gasteiger partial charge in [-0.1, -0.05) is 125 Å². The smallest absolute Gasteiger partial charge is 0.466 e. The summed E-state index contributed by atoms with van der Waals surface area (Å²) in [6, 6.07) is 0. The number of carbonyl (C=O) groups excluding carboxylic acids is 2. The number of ether oxygens (including phenoxy) is 2. The molecule has 11 nitrogen and oxygen atoms in total. The molecule has 1 aromatic heterocycles. The van der Waals surface area contributed by atoms with E-state index >= 15 is 0 Å². The second-order valence-corrected chi connectivity index (χ2v) is 16.1. The zero-order valence-corrected chi connectivity index (χ0v) is 37.4. The summed E-state index contributed by atoms with van der Waals surface area (Å²) in [6.07, 6.45) is 38.3. The van der Waals surface area contributed by atoms with Crippen LogP contribution >= 0.6 is 7.82 Å². The summed E-state index contributed by atoms with van der Waals surface area (Å²) in [6.45, 7) is 7.64. The summed E-state index contributed by atoms with van der Waals surface area (Å²) < 4.78 is 38.8. The van der Waals surface area contributed by atoms with Gasteiger partial charge in [0.2, 0.25) is 0 Å². The average Bonchev–Trinajstić information content (AvgIpc) is 3.48. The zero-order valence-electron chi connectivity index (χ0n) is 36.5. The molecule has 0 aromatic carbocycles. The Labute approximate surface area is 355 Å². The van der Waals surface area contributed by atoms with Crippen molar-refractivity contribution in [1.82, 2.24) is 0 Å².